The third kappa shape index (κ3) is 4.20. The number of likely N-dealkylation sites (tertiary alicyclic amines) is 1. The number of amides is 1. The fourth-order valence-corrected chi connectivity index (χ4v) is 4.71. The average Bonchev–Trinajstić information content (AvgIpc) is 3.14. The van der Waals surface area contributed by atoms with Crippen LogP contribution < -0.4 is 10.6 Å². The topological polar surface area (TPSA) is 112 Å². The highest BCUT2D eigenvalue weighted by atomic mass is 19.1. The zero-order valence-corrected chi connectivity index (χ0v) is 19.1. The third-order valence-electron chi connectivity index (χ3n) is 7.17. The molecule has 180 valence electrons. The Bertz CT molecular complexity index is 1200. The number of carbonyl (C=O) groups excluding carboxylic acids is 1. The smallest absolute Gasteiger partial charge is 0.407 e. The number of nitrogens with one attached hydrogen (secondary N) is 3. The fraction of sp³-hybridized carbons (Fsp3) is 0.565. The predicted octanol–water partition coefficient (Wildman–Crippen LogP) is 3.26. The molecule has 0 unspecified atom stereocenters. The highest BCUT2D eigenvalue weighted by molar-refractivity contribution is 5.69. The zero-order valence-electron chi connectivity index (χ0n) is 19.1. The van der Waals surface area contributed by atoms with E-state index in [1.54, 1.807) is 12.3 Å². The van der Waals surface area contributed by atoms with Crippen molar-refractivity contribution < 1.29 is 13.9 Å². The molecule has 0 aromatic carbocycles. The molecule has 3 aliphatic rings. The van der Waals surface area contributed by atoms with Crippen LogP contribution in [-0.2, 0) is 11.3 Å². The van der Waals surface area contributed by atoms with E-state index in [9.17, 15) is 4.79 Å². The Labute approximate surface area is 196 Å². The summed E-state index contributed by atoms with van der Waals surface area (Å²) in [7, 11) is 0. The first-order chi connectivity index (χ1) is 16.5. The van der Waals surface area contributed by atoms with E-state index >= 15 is 4.39 Å². The number of fused-ring (bicyclic) bond motifs is 1. The summed E-state index contributed by atoms with van der Waals surface area (Å²) in [5, 5.41) is 13.3. The van der Waals surface area contributed by atoms with Crippen molar-refractivity contribution in [1.29, 1.82) is 0 Å². The van der Waals surface area contributed by atoms with Crippen molar-refractivity contribution in [2.24, 2.45) is 0 Å². The number of H-pyrrole nitrogens is 1. The van der Waals surface area contributed by atoms with Crippen molar-refractivity contribution in [3.63, 3.8) is 0 Å². The standard InChI is InChI=1S/C23H29FN8O2/c1-23(6-7-23)28-22(33)34-17-4-3-15(20(17)24)16-11-18(30-29-16)27-21-25-8-5-19-26-14(13-32(19)21)12-31-9-2-10-31/h5,8,11,13,15,17,20H,2-4,6-7,9-10,12H2,1H3,(H,28,33)(H2,25,27,29,30)/t15-,17-,20+/m0/s1. The molecule has 3 N–H and O–H groups in total. The maximum atomic E-state index is 15.1. The van der Waals surface area contributed by atoms with Gasteiger partial charge in [0.05, 0.1) is 5.69 Å². The molecule has 0 bridgehead atoms. The normalized spacial score (nSPS) is 25.8. The van der Waals surface area contributed by atoms with Crippen LogP contribution in [-0.4, -0.2) is 66.5 Å². The van der Waals surface area contributed by atoms with Crippen molar-refractivity contribution >= 4 is 23.5 Å². The van der Waals surface area contributed by atoms with Crippen molar-refractivity contribution in [1.82, 2.24) is 34.8 Å². The van der Waals surface area contributed by atoms with Gasteiger partial charge in [-0.05, 0) is 58.2 Å². The first-order valence-corrected chi connectivity index (χ1v) is 12.0. The van der Waals surface area contributed by atoms with Gasteiger partial charge in [-0.3, -0.25) is 14.4 Å². The second kappa shape index (κ2) is 8.23. The second-order valence-electron chi connectivity index (χ2n) is 9.95. The van der Waals surface area contributed by atoms with Crippen LogP contribution in [0.25, 0.3) is 5.65 Å². The Kier molecular flexibility index (Phi) is 5.16. The molecule has 10 nitrogen and oxygen atoms in total. The van der Waals surface area contributed by atoms with Crippen molar-refractivity contribution in [2.75, 3.05) is 18.4 Å². The number of aromatic amines is 1. The van der Waals surface area contributed by atoms with E-state index < -0.39 is 24.3 Å². The van der Waals surface area contributed by atoms with Gasteiger partial charge in [0.1, 0.15) is 17.9 Å². The number of nitrogens with zero attached hydrogens (tertiary/aromatic N) is 5. The van der Waals surface area contributed by atoms with Crippen LogP contribution >= 0.6 is 0 Å². The van der Waals surface area contributed by atoms with Gasteiger partial charge in [0.25, 0.3) is 0 Å². The van der Waals surface area contributed by atoms with Crippen LogP contribution in [0.3, 0.4) is 0 Å². The monoisotopic (exact) mass is 468 g/mol. The number of imidazole rings is 1. The number of rotatable bonds is 7. The number of hydrogen-bond acceptors (Lipinski definition) is 7. The first kappa shape index (κ1) is 21.3. The van der Waals surface area contributed by atoms with Gasteiger partial charge in [-0.2, -0.15) is 5.10 Å². The van der Waals surface area contributed by atoms with Gasteiger partial charge >= 0.3 is 6.09 Å². The Morgan fingerprint density at radius 3 is 2.97 bits per heavy atom. The molecule has 11 heteroatoms. The predicted molar refractivity (Wildman–Crippen MR) is 123 cm³/mol. The average molecular weight is 469 g/mol. The molecule has 6 rings (SSSR count). The number of ether oxygens (including phenoxy) is 1. The van der Waals surface area contributed by atoms with Crippen LogP contribution in [0, 0.1) is 0 Å². The molecule has 34 heavy (non-hydrogen) atoms. The Morgan fingerprint density at radius 2 is 2.21 bits per heavy atom. The molecule has 1 aliphatic heterocycles. The van der Waals surface area contributed by atoms with E-state index in [0.717, 1.165) is 43.8 Å². The molecule has 3 fully saturated rings. The molecule has 3 atom stereocenters. The number of aromatic nitrogens is 5. The third-order valence-corrected chi connectivity index (χ3v) is 7.17. The minimum Gasteiger partial charge on any atom is -0.443 e. The summed E-state index contributed by atoms with van der Waals surface area (Å²) >= 11 is 0. The van der Waals surface area contributed by atoms with E-state index in [1.807, 2.05) is 23.6 Å². The summed E-state index contributed by atoms with van der Waals surface area (Å²) in [4.78, 5) is 23.6. The fourth-order valence-electron chi connectivity index (χ4n) is 4.71. The van der Waals surface area contributed by atoms with Gasteiger partial charge in [0, 0.05) is 42.2 Å². The van der Waals surface area contributed by atoms with Crippen molar-refractivity contribution in [3.8, 4) is 0 Å². The Hall–Kier alpha value is -3.21. The number of alkyl carbamates (subject to hydrolysis) is 1. The van der Waals surface area contributed by atoms with Crippen molar-refractivity contribution in [3.05, 3.63) is 35.9 Å². The summed E-state index contributed by atoms with van der Waals surface area (Å²) in [6.45, 7) is 5.01. The van der Waals surface area contributed by atoms with E-state index in [-0.39, 0.29) is 5.54 Å². The van der Waals surface area contributed by atoms with E-state index in [4.69, 9.17) is 4.74 Å². The van der Waals surface area contributed by atoms with Crippen LogP contribution in [0.15, 0.2) is 24.5 Å². The molecule has 3 aromatic rings. The lowest BCUT2D eigenvalue weighted by atomic mass is 10.0. The van der Waals surface area contributed by atoms with Crippen LogP contribution in [0.5, 0.6) is 0 Å². The van der Waals surface area contributed by atoms with Crippen LogP contribution in [0.1, 0.15) is 56.3 Å². The molecule has 2 saturated carbocycles. The van der Waals surface area contributed by atoms with Gasteiger partial charge in [0.2, 0.25) is 5.95 Å². The highest BCUT2D eigenvalue weighted by Crippen LogP contribution is 2.39. The lowest BCUT2D eigenvalue weighted by Gasteiger charge is -2.29. The molecule has 4 heterocycles. The molecular weight excluding hydrogens is 439 g/mol. The van der Waals surface area contributed by atoms with Gasteiger partial charge in [0.15, 0.2) is 5.82 Å². The maximum absolute atomic E-state index is 15.1. The second-order valence-corrected chi connectivity index (χ2v) is 9.95. The number of carbonyl (C=O) groups is 1. The van der Waals surface area contributed by atoms with Gasteiger partial charge in [-0.1, -0.05) is 0 Å². The lowest BCUT2D eigenvalue weighted by Crippen LogP contribution is -2.38. The van der Waals surface area contributed by atoms with Crippen LogP contribution in [0.2, 0.25) is 0 Å². The molecule has 3 aromatic heterocycles. The quantitative estimate of drug-likeness (QED) is 0.488. The minimum absolute atomic E-state index is 0.188. The molecule has 1 amide bonds. The van der Waals surface area contributed by atoms with E-state index in [1.165, 1.54) is 6.42 Å². The number of halogens is 1. The Balaban J connectivity index is 1.11. The van der Waals surface area contributed by atoms with Gasteiger partial charge < -0.3 is 15.4 Å². The first-order valence-electron chi connectivity index (χ1n) is 12.0. The number of alkyl halides is 1. The van der Waals surface area contributed by atoms with E-state index in [2.05, 4.69) is 35.7 Å². The van der Waals surface area contributed by atoms with Crippen LogP contribution in [0.4, 0.5) is 21.0 Å². The summed E-state index contributed by atoms with van der Waals surface area (Å²) in [5.41, 5.74) is 2.29. The largest absolute Gasteiger partial charge is 0.443 e. The number of hydrogen-bond donors (Lipinski definition) is 3. The lowest BCUT2D eigenvalue weighted by molar-refractivity contribution is 0.0546. The Morgan fingerprint density at radius 1 is 1.35 bits per heavy atom. The van der Waals surface area contributed by atoms with Gasteiger partial charge in [-0.25, -0.2) is 19.2 Å². The zero-order chi connectivity index (χ0) is 23.3. The molecule has 2 aliphatic carbocycles. The summed E-state index contributed by atoms with van der Waals surface area (Å²) in [5.74, 6) is 0.731. The molecular formula is C23H29FN8O2. The number of anilines is 2. The molecule has 0 radical (unpaired) electrons. The summed E-state index contributed by atoms with van der Waals surface area (Å²) < 4.78 is 22.4. The van der Waals surface area contributed by atoms with E-state index in [0.29, 0.717) is 30.3 Å². The highest BCUT2D eigenvalue weighted by Gasteiger charge is 2.43. The minimum atomic E-state index is -1.29. The SMILES string of the molecule is CC1(NC(=O)O[C@H]2CC[C@@H](c3cc(Nc4nccc5nc(CN6CCC6)cn45)n[nH]3)[C@H]2F)CC1. The van der Waals surface area contributed by atoms with Gasteiger partial charge in [-0.15, -0.1) is 0 Å². The molecule has 0 spiro atoms. The summed E-state index contributed by atoms with van der Waals surface area (Å²) in [6.07, 6.45) is 5.27. The van der Waals surface area contributed by atoms with Crippen molar-refractivity contribution in [2.45, 2.75) is 69.3 Å². The molecule has 1 saturated heterocycles. The summed E-state index contributed by atoms with van der Waals surface area (Å²) in [6, 6.07) is 3.66. The maximum Gasteiger partial charge on any atom is 0.407 e.